The number of rotatable bonds is 2. The maximum absolute atomic E-state index is 12.0. The van der Waals surface area contributed by atoms with Crippen molar-refractivity contribution in [1.29, 1.82) is 0 Å². The first-order valence-corrected chi connectivity index (χ1v) is 7.70. The highest BCUT2D eigenvalue weighted by Crippen LogP contribution is 2.42. The van der Waals surface area contributed by atoms with Gasteiger partial charge in [0.2, 0.25) is 0 Å². The predicted molar refractivity (Wildman–Crippen MR) is 79.8 cm³/mol. The van der Waals surface area contributed by atoms with Gasteiger partial charge < -0.3 is 14.5 Å². The third-order valence-corrected chi connectivity index (χ3v) is 4.45. The highest BCUT2D eigenvalue weighted by molar-refractivity contribution is 9.10. The first-order valence-electron chi connectivity index (χ1n) is 6.90. The van der Waals surface area contributed by atoms with Crippen LogP contribution in [-0.4, -0.2) is 16.6 Å². The van der Waals surface area contributed by atoms with Crippen LogP contribution in [0.25, 0.3) is 0 Å². The number of hydrogen-bond donors (Lipinski definition) is 1. The molecule has 0 radical (unpaired) electrons. The summed E-state index contributed by atoms with van der Waals surface area (Å²) >= 11 is 3.33. The van der Waals surface area contributed by atoms with Gasteiger partial charge in [0.25, 0.3) is 5.56 Å². The number of aromatic nitrogens is 2. The third kappa shape index (κ3) is 2.33. The quantitative estimate of drug-likeness (QED) is 0.906. The first-order chi connectivity index (χ1) is 10.2. The van der Waals surface area contributed by atoms with Crippen LogP contribution in [0.15, 0.2) is 33.5 Å². The molecule has 2 aliphatic rings. The average Bonchev–Trinajstić information content (AvgIpc) is 3.34. The zero-order valence-corrected chi connectivity index (χ0v) is 12.7. The van der Waals surface area contributed by atoms with Gasteiger partial charge in [-0.1, -0.05) is 12.1 Å². The number of aromatic amines is 1. The number of fused-ring (bicyclic) bond motifs is 1. The molecule has 1 aliphatic heterocycles. The number of ether oxygens (including phenoxy) is 2. The Kier molecular flexibility index (Phi) is 2.99. The van der Waals surface area contributed by atoms with E-state index >= 15 is 0 Å². The topological polar surface area (TPSA) is 64.2 Å². The standard InChI is InChI=1S/C15H13BrN2O3/c16-12-13(8-5-6-8)17-14(18-15(12)19)11-7-20-9-3-1-2-4-10(9)21-11/h1-4,8,11H,5-7H2,(H,17,18,19). The van der Waals surface area contributed by atoms with E-state index in [0.717, 1.165) is 24.3 Å². The molecule has 2 heterocycles. The minimum absolute atomic E-state index is 0.163. The second-order valence-electron chi connectivity index (χ2n) is 5.29. The van der Waals surface area contributed by atoms with Crippen LogP contribution in [0.1, 0.15) is 36.4 Å². The van der Waals surface area contributed by atoms with Crippen molar-refractivity contribution in [2.24, 2.45) is 0 Å². The van der Waals surface area contributed by atoms with Crippen molar-refractivity contribution in [2.45, 2.75) is 24.9 Å². The molecule has 21 heavy (non-hydrogen) atoms. The Labute approximate surface area is 129 Å². The Morgan fingerprint density at radius 2 is 2.00 bits per heavy atom. The van der Waals surface area contributed by atoms with Gasteiger partial charge in [-0.2, -0.15) is 0 Å². The van der Waals surface area contributed by atoms with Crippen LogP contribution >= 0.6 is 15.9 Å². The molecule has 0 saturated heterocycles. The van der Waals surface area contributed by atoms with E-state index in [1.807, 2.05) is 24.3 Å². The molecule has 5 nitrogen and oxygen atoms in total. The van der Waals surface area contributed by atoms with Crippen molar-refractivity contribution in [3.05, 3.63) is 50.6 Å². The minimum Gasteiger partial charge on any atom is -0.485 e. The summed E-state index contributed by atoms with van der Waals surface area (Å²) in [7, 11) is 0. The summed E-state index contributed by atoms with van der Waals surface area (Å²) in [4.78, 5) is 19.4. The lowest BCUT2D eigenvalue weighted by atomic mass is 10.2. The van der Waals surface area contributed by atoms with Crippen molar-refractivity contribution in [1.82, 2.24) is 9.97 Å². The number of halogens is 1. The van der Waals surface area contributed by atoms with Crippen LogP contribution < -0.4 is 15.0 Å². The highest BCUT2D eigenvalue weighted by Gasteiger charge is 2.31. The van der Waals surface area contributed by atoms with E-state index in [1.54, 1.807) is 0 Å². The Bertz CT molecular complexity index is 755. The molecule has 1 fully saturated rings. The first kappa shape index (κ1) is 12.9. The molecule has 0 spiro atoms. The van der Waals surface area contributed by atoms with Crippen LogP contribution in [-0.2, 0) is 0 Å². The van der Waals surface area contributed by atoms with Crippen molar-refractivity contribution in [3.8, 4) is 11.5 Å². The molecular formula is C15H13BrN2O3. The van der Waals surface area contributed by atoms with Gasteiger partial charge in [-0.3, -0.25) is 4.79 Å². The zero-order valence-electron chi connectivity index (χ0n) is 11.1. The summed E-state index contributed by atoms with van der Waals surface area (Å²) in [6.07, 6.45) is 1.77. The van der Waals surface area contributed by atoms with Gasteiger partial charge in [0.1, 0.15) is 11.1 Å². The van der Waals surface area contributed by atoms with Gasteiger partial charge in [-0.05, 0) is 40.9 Å². The SMILES string of the molecule is O=c1[nH]c(C2COc3ccccc3O2)nc(C2CC2)c1Br. The fourth-order valence-electron chi connectivity index (χ4n) is 2.43. The van der Waals surface area contributed by atoms with E-state index in [1.165, 1.54) is 0 Å². The summed E-state index contributed by atoms with van der Waals surface area (Å²) in [5, 5.41) is 0. The Morgan fingerprint density at radius 1 is 1.24 bits per heavy atom. The van der Waals surface area contributed by atoms with E-state index < -0.39 is 6.10 Å². The monoisotopic (exact) mass is 348 g/mol. The van der Waals surface area contributed by atoms with Gasteiger partial charge in [0.15, 0.2) is 23.4 Å². The molecule has 6 heteroatoms. The molecule has 4 rings (SSSR count). The summed E-state index contributed by atoms with van der Waals surface area (Å²) in [6.45, 7) is 0.339. The summed E-state index contributed by atoms with van der Waals surface area (Å²) in [5.74, 6) is 2.31. The molecular weight excluding hydrogens is 336 g/mol. The maximum Gasteiger partial charge on any atom is 0.265 e. The van der Waals surface area contributed by atoms with Crippen molar-refractivity contribution >= 4 is 15.9 Å². The van der Waals surface area contributed by atoms with E-state index in [2.05, 4.69) is 25.9 Å². The van der Waals surface area contributed by atoms with E-state index in [9.17, 15) is 4.79 Å². The number of para-hydroxylation sites is 2. The number of benzene rings is 1. The zero-order chi connectivity index (χ0) is 14.4. The maximum atomic E-state index is 12.0. The normalized spacial score (nSPS) is 20.3. The van der Waals surface area contributed by atoms with Gasteiger partial charge in [-0.15, -0.1) is 0 Å². The summed E-state index contributed by atoms with van der Waals surface area (Å²) in [6, 6.07) is 7.49. The van der Waals surface area contributed by atoms with Crippen LogP contribution in [0.4, 0.5) is 0 Å². The summed E-state index contributed by atoms with van der Waals surface area (Å²) < 4.78 is 12.1. The number of nitrogens with zero attached hydrogens (tertiary/aromatic N) is 1. The smallest absolute Gasteiger partial charge is 0.265 e. The molecule has 0 bridgehead atoms. The molecule has 1 N–H and O–H groups in total. The molecule has 1 aromatic heterocycles. The minimum atomic E-state index is -0.391. The number of hydrogen-bond acceptors (Lipinski definition) is 4. The van der Waals surface area contributed by atoms with E-state index in [4.69, 9.17) is 9.47 Å². The molecule has 108 valence electrons. The van der Waals surface area contributed by atoms with E-state index in [-0.39, 0.29) is 5.56 Å². The van der Waals surface area contributed by atoms with Crippen molar-refractivity contribution in [3.63, 3.8) is 0 Å². The fraction of sp³-hybridized carbons (Fsp3) is 0.333. The van der Waals surface area contributed by atoms with Crippen LogP contribution in [0.5, 0.6) is 11.5 Å². The lowest BCUT2D eigenvalue weighted by Crippen LogP contribution is -2.27. The number of H-pyrrole nitrogens is 1. The lowest BCUT2D eigenvalue weighted by Gasteiger charge is -2.25. The van der Waals surface area contributed by atoms with E-state index in [0.29, 0.717) is 28.6 Å². The van der Waals surface area contributed by atoms with Gasteiger partial charge in [0, 0.05) is 5.92 Å². The van der Waals surface area contributed by atoms with Crippen LogP contribution in [0, 0.1) is 0 Å². The van der Waals surface area contributed by atoms with Gasteiger partial charge in [0.05, 0.1) is 5.69 Å². The molecule has 1 aromatic carbocycles. The molecule has 1 saturated carbocycles. The second kappa shape index (κ2) is 4.87. The van der Waals surface area contributed by atoms with Gasteiger partial charge >= 0.3 is 0 Å². The average molecular weight is 349 g/mol. The Morgan fingerprint density at radius 3 is 2.76 bits per heavy atom. The van der Waals surface area contributed by atoms with Crippen molar-refractivity contribution in [2.75, 3.05) is 6.61 Å². The number of nitrogens with one attached hydrogen (secondary N) is 1. The highest BCUT2D eigenvalue weighted by atomic mass is 79.9. The largest absolute Gasteiger partial charge is 0.485 e. The summed E-state index contributed by atoms with van der Waals surface area (Å²) in [5.41, 5.74) is 0.667. The molecule has 1 aliphatic carbocycles. The van der Waals surface area contributed by atoms with Crippen LogP contribution in [0.2, 0.25) is 0 Å². The van der Waals surface area contributed by atoms with Gasteiger partial charge in [-0.25, -0.2) is 4.98 Å². The van der Waals surface area contributed by atoms with Crippen molar-refractivity contribution < 1.29 is 9.47 Å². The Hall–Kier alpha value is -1.82. The third-order valence-electron chi connectivity index (χ3n) is 3.68. The molecule has 2 aromatic rings. The Balaban J connectivity index is 1.70. The fourth-order valence-corrected chi connectivity index (χ4v) is 2.94. The lowest BCUT2D eigenvalue weighted by molar-refractivity contribution is 0.0846. The molecule has 1 atom stereocenters. The molecule has 1 unspecified atom stereocenters. The molecule has 0 amide bonds. The second-order valence-corrected chi connectivity index (χ2v) is 6.08. The van der Waals surface area contributed by atoms with Crippen LogP contribution in [0.3, 0.4) is 0 Å². The predicted octanol–water partition coefficient (Wildman–Crippen LogP) is 2.92.